The van der Waals surface area contributed by atoms with Gasteiger partial charge in [-0.1, -0.05) is 42.5 Å². The molecule has 0 aliphatic rings. The maximum atomic E-state index is 11.7. The number of primary amides is 1. The number of nitrogens with one attached hydrogen (secondary N) is 1. The predicted molar refractivity (Wildman–Crippen MR) is 96.5 cm³/mol. The van der Waals surface area contributed by atoms with Gasteiger partial charge < -0.3 is 26.6 Å². The quantitative estimate of drug-likeness (QED) is 0.479. The molecule has 2 rings (SSSR count). The zero-order valence-electron chi connectivity index (χ0n) is 14.2. The lowest BCUT2D eigenvalue weighted by Gasteiger charge is -2.17. The summed E-state index contributed by atoms with van der Waals surface area (Å²) in [5.41, 5.74) is 12.3. The zero-order valence-corrected chi connectivity index (χ0v) is 14.2. The first kappa shape index (κ1) is 19.4. The van der Waals surface area contributed by atoms with E-state index < -0.39 is 24.1 Å². The van der Waals surface area contributed by atoms with E-state index >= 15 is 0 Å². The predicted octanol–water partition coefficient (Wildman–Crippen LogP) is 0.260. The van der Waals surface area contributed by atoms with Crippen LogP contribution in [-0.2, 0) is 22.6 Å². The van der Waals surface area contributed by atoms with Crippen molar-refractivity contribution < 1.29 is 19.4 Å². The van der Waals surface area contributed by atoms with E-state index in [4.69, 9.17) is 16.2 Å². The summed E-state index contributed by atoms with van der Waals surface area (Å²) < 4.78 is 5.69. The van der Waals surface area contributed by atoms with Gasteiger partial charge in [0.25, 0.3) is 0 Å². The van der Waals surface area contributed by atoms with Gasteiger partial charge in [-0.3, -0.25) is 9.59 Å². The SMILES string of the molecule is NC(=O)C(N)C(O)NC(=O)[CH]Cc1ccc(OCc2ccccc2)cc1. The van der Waals surface area contributed by atoms with Crippen molar-refractivity contribution >= 4 is 11.8 Å². The Morgan fingerprint density at radius 3 is 2.35 bits per heavy atom. The average Bonchev–Trinajstić information content (AvgIpc) is 2.65. The summed E-state index contributed by atoms with van der Waals surface area (Å²) >= 11 is 0. The van der Waals surface area contributed by atoms with E-state index in [9.17, 15) is 14.7 Å². The highest BCUT2D eigenvalue weighted by Crippen LogP contribution is 2.15. The highest BCUT2D eigenvalue weighted by atomic mass is 16.5. The second-order valence-corrected chi connectivity index (χ2v) is 5.71. The van der Waals surface area contributed by atoms with Gasteiger partial charge in [-0.05, 0) is 29.7 Å². The van der Waals surface area contributed by atoms with E-state index in [1.165, 1.54) is 6.42 Å². The number of rotatable bonds is 9. The van der Waals surface area contributed by atoms with Gasteiger partial charge in [-0.2, -0.15) is 0 Å². The van der Waals surface area contributed by atoms with Gasteiger partial charge in [0.2, 0.25) is 11.8 Å². The number of benzene rings is 2. The summed E-state index contributed by atoms with van der Waals surface area (Å²) in [6.07, 6.45) is 0.171. The Morgan fingerprint density at radius 2 is 1.73 bits per heavy atom. The van der Waals surface area contributed by atoms with Crippen molar-refractivity contribution in [2.75, 3.05) is 0 Å². The van der Waals surface area contributed by atoms with Gasteiger partial charge in [0, 0.05) is 0 Å². The van der Waals surface area contributed by atoms with Crippen molar-refractivity contribution in [3.8, 4) is 5.75 Å². The Kier molecular flexibility index (Phi) is 7.13. The lowest BCUT2D eigenvalue weighted by molar-refractivity contribution is -0.125. The highest BCUT2D eigenvalue weighted by molar-refractivity contribution is 5.86. The Morgan fingerprint density at radius 1 is 1.08 bits per heavy atom. The van der Waals surface area contributed by atoms with Crippen molar-refractivity contribution in [3.05, 3.63) is 72.1 Å². The Hall–Kier alpha value is -2.90. The first-order valence-corrected chi connectivity index (χ1v) is 8.08. The molecule has 137 valence electrons. The minimum atomic E-state index is -1.52. The van der Waals surface area contributed by atoms with Crippen LogP contribution < -0.4 is 21.5 Å². The summed E-state index contributed by atoms with van der Waals surface area (Å²) in [4.78, 5) is 22.6. The van der Waals surface area contributed by atoms with Crippen molar-refractivity contribution in [2.45, 2.75) is 25.3 Å². The van der Waals surface area contributed by atoms with E-state index in [2.05, 4.69) is 5.32 Å². The van der Waals surface area contributed by atoms with Crippen LogP contribution in [0.1, 0.15) is 11.1 Å². The molecule has 26 heavy (non-hydrogen) atoms. The second kappa shape index (κ2) is 9.55. The lowest BCUT2D eigenvalue weighted by Crippen LogP contribution is -2.54. The van der Waals surface area contributed by atoms with E-state index in [0.717, 1.165) is 16.9 Å². The Balaban J connectivity index is 1.76. The van der Waals surface area contributed by atoms with Crippen LogP contribution in [0.3, 0.4) is 0 Å². The molecule has 2 aromatic carbocycles. The number of amides is 2. The Labute approximate surface area is 152 Å². The third kappa shape index (κ3) is 6.19. The van der Waals surface area contributed by atoms with Crippen LogP contribution in [0.25, 0.3) is 0 Å². The lowest BCUT2D eigenvalue weighted by atomic mass is 10.1. The number of hydrogen-bond acceptors (Lipinski definition) is 5. The van der Waals surface area contributed by atoms with Crippen LogP contribution in [0.15, 0.2) is 54.6 Å². The minimum absolute atomic E-state index is 0.351. The topological polar surface area (TPSA) is 128 Å². The summed E-state index contributed by atoms with van der Waals surface area (Å²) in [7, 11) is 0. The summed E-state index contributed by atoms with van der Waals surface area (Å²) in [6, 6.07) is 15.8. The smallest absolute Gasteiger partial charge is 0.239 e. The molecule has 7 nitrogen and oxygen atoms in total. The molecule has 2 unspecified atom stereocenters. The fourth-order valence-electron chi connectivity index (χ4n) is 2.12. The number of hydrogen-bond donors (Lipinski definition) is 4. The van der Waals surface area contributed by atoms with Gasteiger partial charge >= 0.3 is 0 Å². The van der Waals surface area contributed by atoms with Gasteiger partial charge in [-0.25, -0.2) is 0 Å². The molecule has 0 fully saturated rings. The number of aliphatic hydroxyl groups is 1. The summed E-state index contributed by atoms with van der Waals surface area (Å²) in [6.45, 7) is 0.479. The molecule has 6 N–H and O–H groups in total. The number of nitrogens with two attached hydrogens (primary N) is 2. The maximum Gasteiger partial charge on any atom is 0.239 e. The maximum absolute atomic E-state index is 11.7. The zero-order chi connectivity index (χ0) is 18.9. The van der Waals surface area contributed by atoms with Crippen molar-refractivity contribution in [2.24, 2.45) is 11.5 Å². The molecular formula is C19H22N3O4. The van der Waals surface area contributed by atoms with Gasteiger partial charge in [0.05, 0.1) is 6.42 Å². The molecule has 0 bridgehead atoms. The molecule has 0 aliphatic carbocycles. The normalized spacial score (nSPS) is 12.8. The fraction of sp³-hybridized carbons (Fsp3) is 0.211. The first-order chi connectivity index (χ1) is 12.5. The highest BCUT2D eigenvalue weighted by Gasteiger charge is 2.21. The second-order valence-electron chi connectivity index (χ2n) is 5.71. The van der Waals surface area contributed by atoms with Crippen LogP contribution in [0, 0.1) is 6.42 Å². The molecule has 0 aromatic heterocycles. The van der Waals surface area contributed by atoms with E-state index in [-0.39, 0.29) is 0 Å². The molecule has 1 radical (unpaired) electrons. The molecule has 0 spiro atoms. The molecular weight excluding hydrogens is 334 g/mol. The van der Waals surface area contributed by atoms with Crippen LogP contribution in [0.2, 0.25) is 0 Å². The number of carbonyl (C=O) groups excluding carboxylic acids is 2. The molecule has 7 heteroatoms. The van der Waals surface area contributed by atoms with Crippen molar-refractivity contribution in [1.82, 2.24) is 5.32 Å². The fourth-order valence-corrected chi connectivity index (χ4v) is 2.12. The third-order valence-corrected chi connectivity index (χ3v) is 3.65. The molecule has 0 saturated carbocycles. The van der Waals surface area contributed by atoms with Gasteiger partial charge in [0.15, 0.2) is 6.23 Å². The van der Waals surface area contributed by atoms with Crippen LogP contribution in [0.5, 0.6) is 5.75 Å². The van der Waals surface area contributed by atoms with Gasteiger partial charge in [-0.15, -0.1) is 0 Å². The van der Waals surface area contributed by atoms with E-state index in [1.807, 2.05) is 54.6 Å². The average molecular weight is 356 g/mol. The molecule has 2 atom stereocenters. The van der Waals surface area contributed by atoms with E-state index in [0.29, 0.717) is 13.0 Å². The minimum Gasteiger partial charge on any atom is -0.489 e. The summed E-state index contributed by atoms with van der Waals surface area (Å²) in [5.74, 6) is -0.715. The molecule has 0 aliphatic heterocycles. The largest absolute Gasteiger partial charge is 0.489 e. The standard InChI is InChI=1S/C19H22N3O4/c20-17(18(21)24)19(25)22-16(23)11-8-13-6-9-15(10-7-13)26-12-14-4-2-1-3-5-14/h1-7,9-11,17,19,25H,8,12,20H2,(H2,21,24)(H,22,23). The summed E-state index contributed by atoms with van der Waals surface area (Å²) in [5, 5.41) is 11.7. The molecule has 0 heterocycles. The third-order valence-electron chi connectivity index (χ3n) is 3.65. The van der Waals surface area contributed by atoms with Crippen LogP contribution in [-0.4, -0.2) is 29.2 Å². The first-order valence-electron chi connectivity index (χ1n) is 8.08. The van der Waals surface area contributed by atoms with Gasteiger partial charge in [0.1, 0.15) is 18.4 Å². The molecule has 2 amide bonds. The monoisotopic (exact) mass is 356 g/mol. The van der Waals surface area contributed by atoms with E-state index in [1.54, 1.807) is 0 Å². The number of ether oxygens (including phenoxy) is 1. The van der Waals surface area contributed by atoms with Crippen molar-refractivity contribution in [1.29, 1.82) is 0 Å². The molecule has 2 aromatic rings. The van der Waals surface area contributed by atoms with Crippen LogP contribution in [0.4, 0.5) is 0 Å². The molecule has 0 saturated heterocycles. The van der Waals surface area contributed by atoms with Crippen molar-refractivity contribution in [3.63, 3.8) is 0 Å². The number of carbonyl (C=O) groups is 2. The van der Waals surface area contributed by atoms with Crippen LogP contribution >= 0.6 is 0 Å². The number of aliphatic hydroxyl groups excluding tert-OH is 1. The Bertz CT molecular complexity index is 719.